The second-order valence-corrected chi connectivity index (χ2v) is 8.00. The average molecular weight is 453 g/mol. The first kappa shape index (κ1) is 20.5. The van der Waals surface area contributed by atoms with Crippen molar-refractivity contribution >= 4 is 23.5 Å². The fourth-order valence-corrected chi connectivity index (χ4v) is 4.10. The predicted octanol–water partition coefficient (Wildman–Crippen LogP) is 5.85. The van der Waals surface area contributed by atoms with E-state index in [9.17, 15) is 9.18 Å². The van der Waals surface area contributed by atoms with Crippen LogP contribution in [0.3, 0.4) is 0 Å². The first-order chi connectivity index (χ1) is 15.5. The van der Waals surface area contributed by atoms with Crippen molar-refractivity contribution in [3.05, 3.63) is 92.9 Å². The number of allylic oxidation sites excluding steroid dienone is 1. The number of Topliss-reactive ketones (excluding diaryl/α,β-unsaturated/α-hetero) is 1. The Hall–Kier alpha value is -3.35. The van der Waals surface area contributed by atoms with Crippen molar-refractivity contribution in [2.75, 3.05) is 6.79 Å². The largest absolute Gasteiger partial charge is 0.489 e. The Morgan fingerprint density at radius 2 is 2.06 bits per heavy atom. The lowest BCUT2D eigenvalue weighted by Crippen LogP contribution is -2.14. The molecule has 5 rings (SSSR count). The van der Waals surface area contributed by atoms with Gasteiger partial charge in [-0.3, -0.25) is 4.79 Å². The van der Waals surface area contributed by atoms with Gasteiger partial charge in [-0.1, -0.05) is 23.7 Å². The van der Waals surface area contributed by atoms with E-state index < -0.39 is 0 Å². The third kappa shape index (κ3) is 3.95. The maximum absolute atomic E-state index is 13.5. The fraction of sp³-hybridized carbons (Fsp3) is 0.160. The monoisotopic (exact) mass is 452 g/mol. The van der Waals surface area contributed by atoms with Gasteiger partial charge in [-0.15, -0.1) is 0 Å². The molecule has 162 valence electrons. The summed E-state index contributed by atoms with van der Waals surface area (Å²) in [6.07, 6.45) is 1.53. The number of ether oxygens (including phenoxy) is 4. The molecule has 2 heterocycles. The number of fused-ring (bicyclic) bond motifs is 2. The SMILES string of the molecule is Cc1cc(OCc2cc(Cl)cc3c2OCOC3)cc2c1C(=O)/C(=C/c1cccc(F)c1)O2. The quantitative estimate of drug-likeness (QED) is 0.465. The lowest BCUT2D eigenvalue weighted by molar-refractivity contribution is -0.0175. The van der Waals surface area contributed by atoms with E-state index >= 15 is 0 Å². The van der Waals surface area contributed by atoms with Crippen LogP contribution in [0, 0.1) is 12.7 Å². The maximum atomic E-state index is 13.5. The number of carbonyl (C=O) groups excluding carboxylic acids is 1. The van der Waals surface area contributed by atoms with E-state index in [4.69, 9.17) is 30.5 Å². The minimum absolute atomic E-state index is 0.142. The lowest BCUT2D eigenvalue weighted by atomic mass is 10.0. The molecule has 2 aliphatic rings. The molecule has 0 spiro atoms. The van der Waals surface area contributed by atoms with Gasteiger partial charge in [0.1, 0.15) is 29.7 Å². The molecule has 0 radical (unpaired) electrons. The van der Waals surface area contributed by atoms with E-state index in [0.717, 1.165) is 16.7 Å². The van der Waals surface area contributed by atoms with Crippen molar-refractivity contribution in [3.63, 3.8) is 0 Å². The number of ketones is 1. The smallest absolute Gasteiger partial charge is 0.232 e. The van der Waals surface area contributed by atoms with Gasteiger partial charge in [0.05, 0.1) is 12.2 Å². The van der Waals surface area contributed by atoms with Gasteiger partial charge < -0.3 is 18.9 Å². The van der Waals surface area contributed by atoms with Gasteiger partial charge in [-0.2, -0.15) is 0 Å². The number of hydrogen-bond acceptors (Lipinski definition) is 5. The van der Waals surface area contributed by atoms with E-state index in [1.54, 1.807) is 30.3 Å². The normalized spacial score (nSPS) is 15.7. The van der Waals surface area contributed by atoms with E-state index in [1.165, 1.54) is 18.2 Å². The fourth-order valence-electron chi connectivity index (χ4n) is 3.83. The second kappa shape index (κ2) is 8.30. The highest BCUT2D eigenvalue weighted by Crippen LogP contribution is 2.38. The molecule has 7 heteroatoms. The third-order valence-corrected chi connectivity index (χ3v) is 5.45. The number of carbonyl (C=O) groups is 1. The summed E-state index contributed by atoms with van der Waals surface area (Å²) in [6, 6.07) is 13.0. The molecule has 0 amide bonds. The van der Waals surface area contributed by atoms with Crippen LogP contribution in [-0.4, -0.2) is 12.6 Å². The number of rotatable bonds is 4. The second-order valence-electron chi connectivity index (χ2n) is 7.56. The van der Waals surface area contributed by atoms with Crippen LogP contribution in [0.4, 0.5) is 4.39 Å². The summed E-state index contributed by atoms with van der Waals surface area (Å²) in [5.74, 6) is 1.18. The minimum atomic E-state index is -0.382. The highest BCUT2D eigenvalue weighted by molar-refractivity contribution is 6.30. The molecule has 32 heavy (non-hydrogen) atoms. The Morgan fingerprint density at radius 1 is 1.19 bits per heavy atom. The highest BCUT2D eigenvalue weighted by Gasteiger charge is 2.30. The molecule has 0 aromatic heterocycles. The van der Waals surface area contributed by atoms with Crippen LogP contribution in [-0.2, 0) is 18.0 Å². The highest BCUT2D eigenvalue weighted by atomic mass is 35.5. The van der Waals surface area contributed by atoms with Gasteiger partial charge in [0.25, 0.3) is 0 Å². The zero-order valence-electron chi connectivity index (χ0n) is 17.1. The van der Waals surface area contributed by atoms with Crippen LogP contribution in [0.25, 0.3) is 6.08 Å². The summed E-state index contributed by atoms with van der Waals surface area (Å²) >= 11 is 6.22. The molecule has 0 atom stereocenters. The Morgan fingerprint density at radius 3 is 2.91 bits per heavy atom. The molecule has 2 aliphatic heterocycles. The minimum Gasteiger partial charge on any atom is -0.489 e. The zero-order valence-corrected chi connectivity index (χ0v) is 17.9. The zero-order chi connectivity index (χ0) is 22.2. The molecule has 0 N–H and O–H groups in total. The van der Waals surface area contributed by atoms with E-state index in [2.05, 4.69) is 0 Å². The average Bonchev–Trinajstić information content (AvgIpc) is 3.07. The maximum Gasteiger partial charge on any atom is 0.232 e. The summed E-state index contributed by atoms with van der Waals surface area (Å²) in [4.78, 5) is 12.8. The third-order valence-electron chi connectivity index (χ3n) is 5.24. The molecule has 0 saturated carbocycles. The summed E-state index contributed by atoms with van der Waals surface area (Å²) in [6.45, 7) is 2.65. The van der Waals surface area contributed by atoms with Crippen LogP contribution in [0.15, 0.2) is 54.3 Å². The van der Waals surface area contributed by atoms with Crippen molar-refractivity contribution in [1.29, 1.82) is 0 Å². The van der Waals surface area contributed by atoms with Crippen LogP contribution in [0.1, 0.15) is 32.6 Å². The topological polar surface area (TPSA) is 54.0 Å². The van der Waals surface area contributed by atoms with E-state index in [0.29, 0.717) is 40.0 Å². The van der Waals surface area contributed by atoms with E-state index in [1.807, 2.05) is 13.0 Å². The molecule has 0 unspecified atom stereocenters. The predicted molar refractivity (Wildman–Crippen MR) is 117 cm³/mol. The van der Waals surface area contributed by atoms with Crippen LogP contribution >= 0.6 is 11.6 Å². The standard InChI is InChI=1S/C25H18ClFO5/c1-14-5-20(30-12-17-9-18(26)8-16-11-29-13-31-25(16)17)10-21-23(14)24(28)22(32-21)7-15-3-2-4-19(27)6-15/h2-10H,11-13H2,1H3/b22-7-. The molecule has 0 aliphatic carbocycles. The molecule has 0 saturated heterocycles. The van der Waals surface area contributed by atoms with Crippen molar-refractivity contribution in [2.24, 2.45) is 0 Å². The van der Waals surface area contributed by atoms with Crippen molar-refractivity contribution in [1.82, 2.24) is 0 Å². The Kier molecular flexibility index (Phi) is 5.33. The van der Waals surface area contributed by atoms with Crippen LogP contribution in [0.5, 0.6) is 17.2 Å². The van der Waals surface area contributed by atoms with E-state index in [-0.39, 0.29) is 30.8 Å². The van der Waals surface area contributed by atoms with Crippen LogP contribution < -0.4 is 14.2 Å². The molecular weight excluding hydrogens is 435 g/mol. The van der Waals surface area contributed by atoms with Crippen LogP contribution in [0.2, 0.25) is 5.02 Å². The van der Waals surface area contributed by atoms with Crippen molar-refractivity contribution in [2.45, 2.75) is 20.1 Å². The van der Waals surface area contributed by atoms with Gasteiger partial charge >= 0.3 is 0 Å². The molecule has 3 aromatic rings. The molecule has 3 aromatic carbocycles. The number of hydrogen-bond donors (Lipinski definition) is 0. The Bertz CT molecular complexity index is 1270. The molecular formula is C25H18ClFO5. The molecule has 0 bridgehead atoms. The first-order valence-electron chi connectivity index (χ1n) is 9.97. The Labute approximate surface area is 188 Å². The summed E-state index contributed by atoms with van der Waals surface area (Å²) in [5, 5.41) is 0.572. The number of benzene rings is 3. The first-order valence-corrected chi connectivity index (χ1v) is 10.3. The van der Waals surface area contributed by atoms with Gasteiger partial charge in [-0.25, -0.2) is 4.39 Å². The van der Waals surface area contributed by atoms with Gasteiger partial charge in [0.2, 0.25) is 5.78 Å². The van der Waals surface area contributed by atoms with Crippen molar-refractivity contribution < 1.29 is 28.1 Å². The summed E-state index contributed by atoms with van der Waals surface area (Å²) in [5.41, 5.74) is 3.42. The van der Waals surface area contributed by atoms with Gasteiger partial charge in [-0.05, 0) is 54.5 Å². The van der Waals surface area contributed by atoms with Gasteiger partial charge in [0.15, 0.2) is 12.6 Å². The Balaban J connectivity index is 1.39. The summed E-state index contributed by atoms with van der Waals surface area (Å²) in [7, 11) is 0. The molecule has 0 fully saturated rings. The number of aryl methyl sites for hydroxylation is 1. The van der Waals surface area contributed by atoms with Gasteiger partial charge in [0, 0.05) is 22.2 Å². The lowest BCUT2D eigenvalue weighted by Gasteiger charge is -2.21. The summed E-state index contributed by atoms with van der Waals surface area (Å²) < 4.78 is 36.2. The number of halogens is 2. The molecule has 5 nitrogen and oxygen atoms in total. The van der Waals surface area contributed by atoms with Crippen molar-refractivity contribution in [3.8, 4) is 17.2 Å².